The highest BCUT2D eigenvalue weighted by Gasteiger charge is 2.31. The van der Waals surface area contributed by atoms with Crippen molar-refractivity contribution in [2.45, 2.75) is 69.4 Å². The van der Waals surface area contributed by atoms with Crippen molar-refractivity contribution >= 4 is 15.9 Å². The summed E-state index contributed by atoms with van der Waals surface area (Å²) < 4.78 is 38.6. The lowest BCUT2D eigenvalue weighted by Crippen LogP contribution is -2.49. The number of ether oxygens (including phenoxy) is 2. The molecule has 2 fully saturated rings. The number of carbonyl (C=O) groups excluding carboxylic acids is 1. The summed E-state index contributed by atoms with van der Waals surface area (Å²) in [5, 5.41) is 0. The lowest BCUT2D eigenvalue weighted by Gasteiger charge is -2.41. The van der Waals surface area contributed by atoms with E-state index in [0.29, 0.717) is 22.9 Å². The minimum atomic E-state index is -3.69. The number of benzene rings is 1. The number of nitrogens with zero attached hydrogens (tertiary/aromatic N) is 4. The van der Waals surface area contributed by atoms with Crippen LogP contribution in [0.5, 0.6) is 5.75 Å². The molecule has 1 saturated carbocycles. The van der Waals surface area contributed by atoms with Gasteiger partial charge in [-0.2, -0.15) is 4.31 Å². The molecule has 38 heavy (non-hydrogen) atoms. The fourth-order valence-electron chi connectivity index (χ4n) is 5.78. The molecule has 1 saturated heterocycles. The molecule has 0 spiro atoms. The van der Waals surface area contributed by atoms with Crippen LogP contribution in [-0.4, -0.2) is 120 Å². The molecule has 1 aromatic carbocycles. The minimum absolute atomic E-state index is 0.0410. The summed E-state index contributed by atoms with van der Waals surface area (Å²) in [6, 6.07) is 4.19. The number of likely N-dealkylation sites (N-methyl/N-ethyl adjacent to an activating group) is 3. The molecule has 1 aromatic rings. The zero-order chi connectivity index (χ0) is 27.9. The van der Waals surface area contributed by atoms with Crippen LogP contribution in [0.2, 0.25) is 0 Å². The number of hydrogen-bond acceptors (Lipinski definition) is 7. The fourth-order valence-corrected chi connectivity index (χ4v) is 7.33. The Labute approximate surface area is 230 Å². The first-order valence-electron chi connectivity index (χ1n) is 13.9. The zero-order valence-electron chi connectivity index (χ0n) is 24.2. The normalized spacial score (nSPS) is 22.2. The maximum atomic E-state index is 13.2. The van der Waals surface area contributed by atoms with Gasteiger partial charge in [-0.1, -0.05) is 0 Å². The van der Waals surface area contributed by atoms with E-state index < -0.39 is 10.0 Å². The van der Waals surface area contributed by atoms with Crippen LogP contribution in [0.1, 0.15) is 49.7 Å². The van der Waals surface area contributed by atoms with Crippen LogP contribution >= 0.6 is 0 Å². The Hall–Kier alpha value is -1.72. The van der Waals surface area contributed by atoms with Crippen molar-refractivity contribution in [2.75, 3.05) is 74.2 Å². The smallest absolute Gasteiger partial charge is 0.248 e. The van der Waals surface area contributed by atoms with Gasteiger partial charge >= 0.3 is 0 Å². The maximum Gasteiger partial charge on any atom is 0.248 e. The number of sulfonamides is 1. The van der Waals surface area contributed by atoms with Gasteiger partial charge in [0.1, 0.15) is 12.4 Å². The highest BCUT2D eigenvalue weighted by Crippen LogP contribution is 2.28. The molecule has 10 heteroatoms. The van der Waals surface area contributed by atoms with E-state index >= 15 is 0 Å². The lowest BCUT2D eigenvalue weighted by molar-refractivity contribution is -0.138. The predicted molar refractivity (Wildman–Crippen MR) is 150 cm³/mol. The van der Waals surface area contributed by atoms with Crippen molar-refractivity contribution < 1.29 is 22.7 Å². The minimum Gasteiger partial charge on any atom is -0.497 e. The topological polar surface area (TPSA) is 82.6 Å². The van der Waals surface area contributed by atoms with Gasteiger partial charge in [-0.05, 0) is 95.8 Å². The second kappa shape index (κ2) is 14.1. The van der Waals surface area contributed by atoms with Crippen LogP contribution in [0.4, 0.5) is 0 Å². The van der Waals surface area contributed by atoms with Gasteiger partial charge in [0.25, 0.3) is 0 Å². The number of aryl methyl sites for hydroxylation is 2. The van der Waals surface area contributed by atoms with E-state index in [1.165, 1.54) is 30.1 Å². The molecule has 1 amide bonds. The molecule has 9 nitrogen and oxygen atoms in total. The third-order valence-electron chi connectivity index (χ3n) is 8.19. The second-order valence-electron chi connectivity index (χ2n) is 11.0. The average Bonchev–Trinajstić information content (AvgIpc) is 2.87. The standard InChI is InChI=1S/C28H48N4O5S/c1-22-18-26(36-6)19-23(2)28(22)38(34,35)30(4)16-17-37-21-27(33)31(5)24-10-9-11-25(20-24)32-13-8-7-12-29(3)14-15-32/h18-19,24-25H,7-17,20-21H2,1-6H3/t24-,25+/m1/s1. The Bertz CT molecular complexity index is 1010. The highest BCUT2D eigenvalue weighted by molar-refractivity contribution is 7.89. The fraction of sp³-hybridized carbons (Fsp3) is 0.750. The van der Waals surface area contributed by atoms with Crippen molar-refractivity contribution in [3.05, 3.63) is 23.3 Å². The molecule has 1 heterocycles. The monoisotopic (exact) mass is 552 g/mol. The van der Waals surface area contributed by atoms with Crippen LogP contribution in [0.25, 0.3) is 0 Å². The van der Waals surface area contributed by atoms with Gasteiger partial charge < -0.3 is 19.3 Å². The van der Waals surface area contributed by atoms with Gasteiger partial charge in [-0.15, -0.1) is 0 Å². The van der Waals surface area contributed by atoms with Gasteiger partial charge in [0.2, 0.25) is 15.9 Å². The Kier molecular flexibility index (Phi) is 11.4. The van der Waals surface area contributed by atoms with Crippen LogP contribution in [-0.2, 0) is 19.6 Å². The lowest BCUT2D eigenvalue weighted by atomic mass is 9.88. The summed E-state index contributed by atoms with van der Waals surface area (Å²) in [7, 11) is 3.50. The van der Waals surface area contributed by atoms with Crippen molar-refractivity contribution in [3.8, 4) is 5.75 Å². The average molecular weight is 553 g/mol. The van der Waals surface area contributed by atoms with E-state index in [0.717, 1.165) is 38.9 Å². The molecule has 0 N–H and O–H groups in total. The van der Waals surface area contributed by atoms with E-state index in [2.05, 4.69) is 16.8 Å². The molecule has 0 unspecified atom stereocenters. The summed E-state index contributed by atoms with van der Waals surface area (Å²) in [6.45, 7) is 8.34. The van der Waals surface area contributed by atoms with Crippen LogP contribution < -0.4 is 4.74 Å². The quantitative estimate of drug-likeness (QED) is 0.413. The maximum absolute atomic E-state index is 13.2. The van der Waals surface area contributed by atoms with Crippen molar-refractivity contribution in [1.29, 1.82) is 0 Å². The largest absolute Gasteiger partial charge is 0.497 e. The Balaban J connectivity index is 1.47. The molecule has 1 aliphatic carbocycles. The number of amides is 1. The molecule has 0 bridgehead atoms. The Morgan fingerprint density at radius 1 is 1.03 bits per heavy atom. The van der Waals surface area contributed by atoms with E-state index in [4.69, 9.17) is 9.47 Å². The van der Waals surface area contributed by atoms with E-state index in [9.17, 15) is 13.2 Å². The number of rotatable bonds is 10. The Morgan fingerprint density at radius 3 is 2.39 bits per heavy atom. The highest BCUT2D eigenvalue weighted by atomic mass is 32.2. The molecular formula is C28H48N4O5S. The van der Waals surface area contributed by atoms with Crippen molar-refractivity contribution in [2.24, 2.45) is 0 Å². The SMILES string of the molecule is COc1cc(C)c(S(=O)(=O)N(C)CCOCC(=O)N(C)[C@@H]2CCC[C@H](N3CCCCN(C)CC3)C2)c(C)c1. The molecule has 2 aliphatic rings. The van der Waals surface area contributed by atoms with Gasteiger partial charge in [0.15, 0.2) is 0 Å². The number of carbonyl (C=O) groups is 1. The summed E-state index contributed by atoms with van der Waals surface area (Å²) in [5.41, 5.74) is 1.28. The molecule has 216 valence electrons. The van der Waals surface area contributed by atoms with E-state index in [1.54, 1.807) is 40.1 Å². The van der Waals surface area contributed by atoms with Gasteiger partial charge in [0, 0.05) is 45.8 Å². The number of hydrogen-bond donors (Lipinski definition) is 0. The van der Waals surface area contributed by atoms with Crippen molar-refractivity contribution in [3.63, 3.8) is 0 Å². The first-order chi connectivity index (χ1) is 18.0. The third kappa shape index (κ3) is 7.91. The number of methoxy groups -OCH3 is 1. The summed E-state index contributed by atoms with van der Waals surface area (Å²) in [4.78, 5) is 20.1. The molecule has 2 atom stereocenters. The summed E-state index contributed by atoms with van der Waals surface area (Å²) >= 11 is 0. The molecule has 1 aliphatic heterocycles. The van der Waals surface area contributed by atoms with Crippen LogP contribution in [0.3, 0.4) is 0 Å². The van der Waals surface area contributed by atoms with E-state index in [1.807, 2.05) is 11.9 Å². The van der Waals surface area contributed by atoms with Gasteiger partial charge in [-0.25, -0.2) is 8.42 Å². The third-order valence-corrected chi connectivity index (χ3v) is 10.4. The van der Waals surface area contributed by atoms with Crippen LogP contribution in [0.15, 0.2) is 17.0 Å². The van der Waals surface area contributed by atoms with Crippen LogP contribution in [0, 0.1) is 13.8 Å². The van der Waals surface area contributed by atoms with Gasteiger partial charge in [0.05, 0.1) is 18.6 Å². The molecule has 3 rings (SSSR count). The van der Waals surface area contributed by atoms with Gasteiger partial charge in [-0.3, -0.25) is 9.69 Å². The summed E-state index contributed by atoms with van der Waals surface area (Å²) in [6.07, 6.45) is 6.84. The first kappa shape index (κ1) is 30.8. The molecule has 0 aromatic heterocycles. The molecule has 0 radical (unpaired) electrons. The van der Waals surface area contributed by atoms with Crippen molar-refractivity contribution in [1.82, 2.24) is 19.0 Å². The first-order valence-corrected chi connectivity index (χ1v) is 15.4. The molecular weight excluding hydrogens is 504 g/mol. The van der Waals surface area contributed by atoms with E-state index in [-0.39, 0.29) is 36.6 Å². The second-order valence-corrected chi connectivity index (χ2v) is 13.0. The predicted octanol–water partition coefficient (Wildman–Crippen LogP) is 2.75. The summed E-state index contributed by atoms with van der Waals surface area (Å²) in [5.74, 6) is 0.585. The zero-order valence-corrected chi connectivity index (χ0v) is 25.1. The Morgan fingerprint density at radius 2 is 1.71 bits per heavy atom.